The second-order valence-electron chi connectivity index (χ2n) is 11.8. The molecule has 0 bridgehead atoms. The standard InChI is InChI=1S/C31H40ClN7O2/c1-8-25(40)37-16-22(7)38(17-21(37)6)28-23-15-24(32)30(36-14-10-9-11-20(36)5)34-29(23)39(31(41)35-28)27-19(4)12-13-33-26(27)18(2)3/h8,12-13,15,18,20-22H,1,9-11,14,16-17H2,2-7H3. The molecular formula is C31H40ClN7O2. The molecule has 5 rings (SSSR count). The summed E-state index contributed by atoms with van der Waals surface area (Å²) in [5, 5.41) is 1.23. The molecule has 218 valence electrons. The van der Waals surface area contributed by atoms with E-state index in [1.54, 1.807) is 10.8 Å². The number of rotatable bonds is 5. The molecule has 3 atom stereocenters. The molecular weight excluding hydrogens is 538 g/mol. The summed E-state index contributed by atoms with van der Waals surface area (Å²) in [5.41, 5.74) is 2.55. The van der Waals surface area contributed by atoms with E-state index < -0.39 is 5.69 Å². The van der Waals surface area contributed by atoms with Crippen LogP contribution in [-0.4, -0.2) is 68.1 Å². The number of fused-ring (bicyclic) bond motifs is 1. The van der Waals surface area contributed by atoms with Crippen LogP contribution in [0, 0.1) is 6.92 Å². The number of anilines is 2. The first kappa shape index (κ1) is 29.0. The summed E-state index contributed by atoms with van der Waals surface area (Å²) in [6.45, 7) is 17.9. The molecule has 1 amide bonds. The van der Waals surface area contributed by atoms with Crippen LogP contribution in [0.2, 0.25) is 5.02 Å². The Morgan fingerprint density at radius 1 is 1.07 bits per heavy atom. The Morgan fingerprint density at radius 2 is 1.83 bits per heavy atom. The molecule has 5 heterocycles. The smallest absolute Gasteiger partial charge is 0.353 e. The molecule has 0 radical (unpaired) electrons. The third-order valence-electron chi connectivity index (χ3n) is 8.50. The Labute approximate surface area is 246 Å². The predicted octanol–water partition coefficient (Wildman–Crippen LogP) is 5.25. The normalized spacial score (nSPS) is 21.6. The predicted molar refractivity (Wildman–Crippen MR) is 166 cm³/mol. The van der Waals surface area contributed by atoms with Gasteiger partial charge in [0.05, 0.1) is 21.8 Å². The molecule has 0 aliphatic carbocycles. The maximum Gasteiger partial charge on any atom is 0.355 e. The second-order valence-corrected chi connectivity index (χ2v) is 12.2. The number of pyridine rings is 2. The lowest BCUT2D eigenvalue weighted by molar-refractivity contribution is -0.128. The van der Waals surface area contributed by atoms with Crippen LogP contribution < -0.4 is 15.5 Å². The summed E-state index contributed by atoms with van der Waals surface area (Å²) >= 11 is 7.00. The van der Waals surface area contributed by atoms with E-state index in [1.165, 1.54) is 12.5 Å². The lowest BCUT2D eigenvalue weighted by atomic mass is 10.0. The van der Waals surface area contributed by atoms with Gasteiger partial charge in [0.2, 0.25) is 5.91 Å². The molecule has 10 heteroatoms. The minimum absolute atomic E-state index is 0.0803. The fourth-order valence-electron chi connectivity index (χ4n) is 6.26. The van der Waals surface area contributed by atoms with Gasteiger partial charge < -0.3 is 14.7 Å². The third kappa shape index (κ3) is 5.20. The zero-order chi connectivity index (χ0) is 29.6. The van der Waals surface area contributed by atoms with Crippen molar-refractivity contribution >= 4 is 40.2 Å². The number of halogens is 1. The van der Waals surface area contributed by atoms with Crippen molar-refractivity contribution in [1.29, 1.82) is 0 Å². The van der Waals surface area contributed by atoms with Gasteiger partial charge in [0.25, 0.3) is 0 Å². The van der Waals surface area contributed by atoms with Crippen molar-refractivity contribution in [2.45, 2.75) is 84.8 Å². The quantitative estimate of drug-likeness (QED) is 0.383. The van der Waals surface area contributed by atoms with Gasteiger partial charge in [-0.05, 0) is 76.6 Å². The highest BCUT2D eigenvalue weighted by molar-refractivity contribution is 6.33. The maximum absolute atomic E-state index is 14.1. The molecule has 2 fully saturated rings. The topological polar surface area (TPSA) is 87.5 Å². The van der Waals surface area contributed by atoms with Crippen molar-refractivity contribution in [3.63, 3.8) is 0 Å². The molecule has 9 nitrogen and oxygen atoms in total. The number of carbonyl (C=O) groups excluding carboxylic acids is 1. The summed E-state index contributed by atoms with van der Waals surface area (Å²) in [6, 6.07) is 3.93. The molecule has 3 aromatic heterocycles. The molecule has 0 aromatic carbocycles. The van der Waals surface area contributed by atoms with Crippen molar-refractivity contribution in [2.75, 3.05) is 29.4 Å². The molecule has 0 saturated carbocycles. The highest BCUT2D eigenvalue weighted by Crippen LogP contribution is 2.37. The van der Waals surface area contributed by atoms with Gasteiger partial charge in [-0.1, -0.05) is 32.0 Å². The van der Waals surface area contributed by atoms with Gasteiger partial charge in [-0.25, -0.2) is 14.3 Å². The van der Waals surface area contributed by atoms with Crippen LogP contribution in [-0.2, 0) is 4.79 Å². The van der Waals surface area contributed by atoms with Gasteiger partial charge in [0.1, 0.15) is 11.6 Å². The van der Waals surface area contributed by atoms with Crippen LogP contribution in [0.25, 0.3) is 16.7 Å². The van der Waals surface area contributed by atoms with Gasteiger partial charge in [0.15, 0.2) is 5.65 Å². The largest absolute Gasteiger partial charge is 0.355 e. The first-order valence-corrected chi connectivity index (χ1v) is 15.0. The van der Waals surface area contributed by atoms with Crippen LogP contribution in [0.15, 0.2) is 35.8 Å². The van der Waals surface area contributed by atoms with Crippen LogP contribution in [0.1, 0.15) is 71.1 Å². The summed E-state index contributed by atoms with van der Waals surface area (Å²) in [7, 11) is 0. The van der Waals surface area contributed by atoms with Gasteiger partial charge in [-0.15, -0.1) is 0 Å². The molecule has 2 saturated heterocycles. The van der Waals surface area contributed by atoms with E-state index in [4.69, 9.17) is 16.6 Å². The highest BCUT2D eigenvalue weighted by Gasteiger charge is 2.34. The fourth-order valence-corrected chi connectivity index (χ4v) is 6.52. The monoisotopic (exact) mass is 577 g/mol. The number of aromatic nitrogens is 4. The average Bonchev–Trinajstić information content (AvgIpc) is 2.94. The van der Waals surface area contributed by atoms with E-state index in [2.05, 4.69) is 47.1 Å². The van der Waals surface area contributed by atoms with Crippen LogP contribution in [0.5, 0.6) is 0 Å². The lowest BCUT2D eigenvalue weighted by Gasteiger charge is -2.44. The second kappa shape index (κ2) is 11.4. The minimum Gasteiger partial charge on any atom is -0.353 e. The molecule has 2 aliphatic heterocycles. The SMILES string of the molecule is C=CC(=O)N1CC(C)N(c2nc(=O)n(-c3c(C)ccnc3C(C)C)c3nc(N4CCCCC4C)c(Cl)cc23)CC1C. The molecule has 3 aromatic rings. The molecule has 0 N–H and O–H groups in total. The minimum atomic E-state index is -0.414. The van der Waals surface area contributed by atoms with Gasteiger partial charge in [-0.2, -0.15) is 4.98 Å². The van der Waals surface area contributed by atoms with Crippen LogP contribution in [0.4, 0.5) is 11.6 Å². The van der Waals surface area contributed by atoms with E-state index >= 15 is 0 Å². The molecule has 0 spiro atoms. The Morgan fingerprint density at radius 3 is 2.51 bits per heavy atom. The Hall–Kier alpha value is -3.46. The van der Waals surface area contributed by atoms with Gasteiger partial charge in [-0.3, -0.25) is 9.78 Å². The van der Waals surface area contributed by atoms with E-state index in [-0.39, 0.29) is 30.0 Å². The van der Waals surface area contributed by atoms with E-state index in [0.29, 0.717) is 46.5 Å². The molecule has 3 unspecified atom stereocenters. The third-order valence-corrected chi connectivity index (χ3v) is 8.78. The molecule has 2 aliphatic rings. The fraction of sp³-hybridized carbons (Fsp3) is 0.516. The average molecular weight is 578 g/mol. The van der Waals surface area contributed by atoms with Crippen molar-refractivity contribution in [3.05, 3.63) is 57.7 Å². The highest BCUT2D eigenvalue weighted by atomic mass is 35.5. The van der Waals surface area contributed by atoms with Crippen molar-refractivity contribution in [3.8, 4) is 5.69 Å². The van der Waals surface area contributed by atoms with Gasteiger partial charge >= 0.3 is 5.69 Å². The summed E-state index contributed by atoms with van der Waals surface area (Å²) < 4.78 is 1.62. The Bertz CT molecular complexity index is 1550. The zero-order valence-electron chi connectivity index (χ0n) is 24.9. The Kier molecular flexibility index (Phi) is 8.10. The number of nitrogens with zero attached hydrogens (tertiary/aromatic N) is 7. The maximum atomic E-state index is 14.1. The van der Waals surface area contributed by atoms with Crippen molar-refractivity contribution in [1.82, 2.24) is 24.4 Å². The van der Waals surface area contributed by atoms with Crippen LogP contribution in [0.3, 0.4) is 0 Å². The summed E-state index contributed by atoms with van der Waals surface area (Å²) in [5.74, 6) is 1.20. The number of aryl methyl sites for hydroxylation is 1. The lowest BCUT2D eigenvalue weighted by Crippen LogP contribution is -2.58. The number of piperazine rings is 1. The number of hydrogen-bond acceptors (Lipinski definition) is 7. The number of hydrogen-bond donors (Lipinski definition) is 0. The summed E-state index contributed by atoms with van der Waals surface area (Å²) in [6.07, 6.45) is 6.43. The number of piperidine rings is 1. The first-order valence-electron chi connectivity index (χ1n) is 14.6. The van der Waals surface area contributed by atoms with Crippen molar-refractivity contribution in [2.24, 2.45) is 0 Å². The van der Waals surface area contributed by atoms with E-state index in [1.807, 2.05) is 37.8 Å². The Balaban J connectivity index is 1.78. The number of amides is 1. The summed E-state index contributed by atoms with van der Waals surface area (Å²) in [4.78, 5) is 47.3. The number of carbonyl (C=O) groups is 1. The van der Waals surface area contributed by atoms with Crippen molar-refractivity contribution < 1.29 is 4.79 Å². The van der Waals surface area contributed by atoms with Gasteiger partial charge in [0, 0.05) is 44.0 Å². The van der Waals surface area contributed by atoms with Crippen LogP contribution >= 0.6 is 11.6 Å². The van der Waals surface area contributed by atoms with E-state index in [0.717, 1.165) is 30.6 Å². The molecule has 41 heavy (non-hydrogen) atoms. The zero-order valence-corrected chi connectivity index (χ0v) is 25.6. The first-order chi connectivity index (χ1) is 19.5. The van der Waals surface area contributed by atoms with E-state index in [9.17, 15) is 9.59 Å².